The molecular formula is C21H24N2O3S. The molecule has 2 aromatic rings. The first kappa shape index (κ1) is 19.3. The van der Waals surface area contributed by atoms with Crippen molar-refractivity contribution in [2.45, 2.75) is 31.4 Å². The van der Waals surface area contributed by atoms with Crippen molar-refractivity contribution in [3.8, 4) is 0 Å². The number of nitrogens with zero attached hydrogens (tertiary/aromatic N) is 2. The Labute approximate surface area is 160 Å². The molecule has 1 unspecified atom stereocenters. The van der Waals surface area contributed by atoms with E-state index in [0.29, 0.717) is 24.9 Å². The van der Waals surface area contributed by atoms with Crippen LogP contribution in [-0.4, -0.2) is 37.4 Å². The highest BCUT2D eigenvalue weighted by molar-refractivity contribution is 7.91. The number of benzene rings is 2. The van der Waals surface area contributed by atoms with E-state index in [-0.39, 0.29) is 12.3 Å². The molecule has 0 radical (unpaired) electrons. The van der Waals surface area contributed by atoms with Gasteiger partial charge in [0.1, 0.15) is 5.71 Å². The Morgan fingerprint density at radius 1 is 1.00 bits per heavy atom. The van der Waals surface area contributed by atoms with Gasteiger partial charge in [-0.3, -0.25) is 9.79 Å². The summed E-state index contributed by atoms with van der Waals surface area (Å²) in [5.74, 6) is -0.481. The normalized spacial score (nSPS) is 20.3. The molecule has 1 atom stereocenters. The number of rotatable bonds is 7. The number of amides is 1. The third kappa shape index (κ3) is 4.11. The van der Waals surface area contributed by atoms with Gasteiger partial charge in [0.2, 0.25) is 0 Å². The molecule has 0 spiro atoms. The Kier molecular flexibility index (Phi) is 6.06. The van der Waals surface area contributed by atoms with Gasteiger partial charge in [-0.25, -0.2) is 12.7 Å². The van der Waals surface area contributed by atoms with E-state index in [1.807, 2.05) is 43.3 Å². The van der Waals surface area contributed by atoms with Crippen molar-refractivity contribution < 1.29 is 13.2 Å². The molecule has 1 aliphatic rings. The van der Waals surface area contributed by atoms with Gasteiger partial charge in [0, 0.05) is 13.1 Å². The predicted molar refractivity (Wildman–Crippen MR) is 107 cm³/mol. The maximum atomic E-state index is 13.1. The second-order valence-corrected chi connectivity index (χ2v) is 8.51. The fourth-order valence-electron chi connectivity index (χ4n) is 3.21. The fraction of sp³-hybridized carbons (Fsp3) is 0.333. The Bertz CT molecular complexity index is 909. The summed E-state index contributed by atoms with van der Waals surface area (Å²) >= 11 is 0. The lowest BCUT2D eigenvalue weighted by atomic mass is 10.1. The molecular weight excluding hydrogens is 360 g/mol. The van der Waals surface area contributed by atoms with Crippen molar-refractivity contribution in [3.63, 3.8) is 0 Å². The van der Waals surface area contributed by atoms with E-state index in [2.05, 4.69) is 4.99 Å². The molecule has 6 heteroatoms. The second kappa shape index (κ2) is 8.48. The Morgan fingerprint density at radius 3 is 2.26 bits per heavy atom. The third-order valence-electron chi connectivity index (χ3n) is 4.64. The van der Waals surface area contributed by atoms with Crippen LogP contribution < -0.4 is 0 Å². The quantitative estimate of drug-likeness (QED) is 0.735. The van der Waals surface area contributed by atoms with Gasteiger partial charge in [0.25, 0.3) is 15.9 Å². The highest BCUT2D eigenvalue weighted by Crippen LogP contribution is 2.34. The molecule has 1 heterocycles. The van der Waals surface area contributed by atoms with E-state index in [0.717, 1.165) is 16.3 Å². The van der Waals surface area contributed by atoms with Gasteiger partial charge in [0.05, 0.1) is 0 Å². The molecule has 0 aliphatic carbocycles. The number of aliphatic imine (C=N–C) groups is 1. The van der Waals surface area contributed by atoms with E-state index < -0.39 is 21.2 Å². The van der Waals surface area contributed by atoms with Crippen LogP contribution in [0.5, 0.6) is 0 Å². The molecule has 0 saturated carbocycles. The zero-order valence-corrected chi connectivity index (χ0v) is 16.2. The highest BCUT2D eigenvalue weighted by atomic mass is 32.2. The van der Waals surface area contributed by atoms with Crippen molar-refractivity contribution in [2.24, 2.45) is 4.99 Å². The average molecular weight is 385 g/mol. The molecule has 27 heavy (non-hydrogen) atoms. The van der Waals surface area contributed by atoms with Crippen molar-refractivity contribution in [3.05, 3.63) is 71.8 Å². The van der Waals surface area contributed by atoms with E-state index in [9.17, 15) is 13.2 Å². The molecule has 2 aromatic carbocycles. The first-order valence-corrected chi connectivity index (χ1v) is 10.7. The van der Waals surface area contributed by atoms with E-state index in [4.69, 9.17) is 0 Å². The van der Waals surface area contributed by atoms with Crippen molar-refractivity contribution in [1.82, 2.24) is 4.31 Å². The van der Waals surface area contributed by atoms with Crippen molar-refractivity contribution >= 4 is 21.6 Å². The monoisotopic (exact) mass is 384 g/mol. The second-order valence-electron chi connectivity index (χ2n) is 6.57. The van der Waals surface area contributed by atoms with E-state index >= 15 is 0 Å². The number of hydrogen-bond donors (Lipinski definition) is 0. The standard InChI is InChI=1S/C21H24N2O3S/c1-2-3-16-23-21(24)19(22-15-14-17-10-6-4-7-11-17)20(27(23,25)26)18-12-8-5-9-13-18/h4-13,20H,2-3,14-16H2,1H3. The number of carbonyl (C=O) groups excluding carboxylic acids is 1. The Balaban J connectivity index is 1.92. The van der Waals surface area contributed by atoms with Crippen LogP contribution in [0.15, 0.2) is 65.7 Å². The van der Waals surface area contributed by atoms with Crippen LogP contribution in [0.25, 0.3) is 0 Å². The van der Waals surface area contributed by atoms with Crippen LogP contribution in [0.2, 0.25) is 0 Å². The van der Waals surface area contributed by atoms with Gasteiger partial charge in [-0.15, -0.1) is 0 Å². The summed E-state index contributed by atoms with van der Waals surface area (Å²) in [6, 6.07) is 18.7. The van der Waals surface area contributed by atoms with Gasteiger partial charge >= 0.3 is 0 Å². The minimum atomic E-state index is -3.79. The van der Waals surface area contributed by atoms with Crippen LogP contribution in [0.4, 0.5) is 0 Å². The maximum absolute atomic E-state index is 13.1. The SMILES string of the molecule is CCCCN1C(=O)C(=NCCc2ccccc2)C(c2ccccc2)S1(=O)=O. The summed E-state index contributed by atoms with van der Waals surface area (Å²) in [4.78, 5) is 17.3. The first-order valence-electron chi connectivity index (χ1n) is 9.24. The van der Waals surface area contributed by atoms with Crippen LogP contribution in [0.3, 0.4) is 0 Å². The van der Waals surface area contributed by atoms with E-state index in [1.165, 1.54) is 0 Å². The van der Waals surface area contributed by atoms with Gasteiger partial charge in [-0.2, -0.15) is 0 Å². The lowest BCUT2D eigenvalue weighted by Crippen LogP contribution is -2.32. The molecule has 5 nitrogen and oxygen atoms in total. The zero-order valence-electron chi connectivity index (χ0n) is 15.4. The molecule has 1 amide bonds. The first-order chi connectivity index (χ1) is 13.1. The summed E-state index contributed by atoms with van der Waals surface area (Å²) in [6.07, 6.45) is 2.12. The zero-order chi connectivity index (χ0) is 19.3. The number of hydrogen-bond acceptors (Lipinski definition) is 4. The fourth-order valence-corrected chi connectivity index (χ4v) is 5.13. The molecule has 3 rings (SSSR count). The average Bonchev–Trinajstić information content (AvgIpc) is 2.87. The maximum Gasteiger partial charge on any atom is 0.283 e. The molecule has 0 aromatic heterocycles. The summed E-state index contributed by atoms with van der Waals surface area (Å²) < 4.78 is 27.2. The van der Waals surface area contributed by atoms with Crippen molar-refractivity contribution in [1.29, 1.82) is 0 Å². The lowest BCUT2D eigenvalue weighted by Gasteiger charge is -2.15. The lowest BCUT2D eigenvalue weighted by molar-refractivity contribution is -0.119. The van der Waals surface area contributed by atoms with Crippen LogP contribution >= 0.6 is 0 Å². The summed E-state index contributed by atoms with van der Waals surface area (Å²) in [7, 11) is -3.79. The summed E-state index contributed by atoms with van der Waals surface area (Å²) in [5.41, 5.74) is 1.82. The Hall–Kier alpha value is -2.47. The van der Waals surface area contributed by atoms with Gasteiger partial charge in [0.15, 0.2) is 5.25 Å². The smallest absolute Gasteiger partial charge is 0.282 e. The number of sulfonamides is 1. The summed E-state index contributed by atoms with van der Waals surface area (Å²) in [5, 5.41) is -1.01. The van der Waals surface area contributed by atoms with Gasteiger partial charge in [-0.1, -0.05) is 74.0 Å². The minimum absolute atomic E-state index is 0.133. The predicted octanol–water partition coefficient (Wildman–Crippen LogP) is 3.38. The van der Waals surface area contributed by atoms with Gasteiger partial charge in [-0.05, 0) is 24.0 Å². The molecule has 1 fully saturated rings. The summed E-state index contributed by atoms with van der Waals surface area (Å²) in [6.45, 7) is 2.56. The Morgan fingerprint density at radius 2 is 1.63 bits per heavy atom. The van der Waals surface area contributed by atoms with Crippen LogP contribution in [0, 0.1) is 0 Å². The molecule has 0 bridgehead atoms. The number of unbranched alkanes of at least 4 members (excludes halogenated alkanes) is 1. The van der Waals surface area contributed by atoms with Crippen LogP contribution in [-0.2, 0) is 21.2 Å². The third-order valence-corrected chi connectivity index (χ3v) is 6.70. The van der Waals surface area contributed by atoms with Crippen LogP contribution in [0.1, 0.15) is 36.1 Å². The van der Waals surface area contributed by atoms with E-state index in [1.54, 1.807) is 24.3 Å². The molecule has 142 valence electrons. The molecule has 1 aliphatic heterocycles. The molecule has 1 saturated heterocycles. The molecule has 0 N–H and O–H groups in total. The highest BCUT2D eigenvalue weighted by Gasteiger charge is 2.50. The minimum Gasteiger partial charge on any atom is -0.282 e. The van der Waals surface area contributed by atoms with Gasteiger partial charge < -0.3 is 0 Å². The van der Waals surface area contributed by atoms with Crippen molar-refractivity contribution in [2.75, 3.05) is 13.1 Å². The largest absolute Gasteiger partial charge is 0.283 e. The number of carbonyl (C=O) groups is 1. The topological polar surface area (TPSA) is 66.8 Å².